The zero-order valence-corrected chi connectivity index (χ0v) is 18.7. The van der Waals surface area contributed by atoms with E-state index in [0.717, 1.165) is 0 Å². The second-order valence-corrected chi connectivity index (χ2v) is 7.80. The number of nitrogens with zero attached hydrogens (tertiary/aromatic N) is 1. The van der Waals surface area contributed by atoms with Gasteiger partial charge < -0.3 is 24.4 Å². The second kappa shape index (κ2) is 10.0. The van der Waals surface area contributed by atoms with Crippen LogP contribution < -0.4 is 19.7 Å². The van der Waals surface area contributed by atoms with Crippen LogP contribution in [-0.4, -0.2) is 45.4 Å². The molecule has 1 saturated heterocycles. The van der Waals surface area contributed by atoms with Crippen molar-refractivity contribution in [3.63, 3.8) is 0 Å². The Labute approximate surface area is 186 Å². The van der Waals surface area contributed by atoms with Gasteiger partial charge in [0.25, 0.3) is 0 Å². The Kier molecular flexibility index (Phi) is 7.41. The first-order valence-electron chi connectivity index (χ1n) is 9.91. The second-order valence-electron chi connectivity index (χ2n) is 7.39. The number of halogens is 2. The molecular formula is C23H26ClFN2O4. The zero-order valence-electron chi connectivity index (χ0n) is 17.9. The normalized spacial score (nSPS) is 18.8. The lowest BCUT2D eigenvalue weighted by Crippen LogP contribution is -2.45. The van der Waals surface area contributed by atoms with E-state index in [1.807, 2.05) is 18.7 Å². The van der Waals surface area contributed by atoms with Gasteiger partial charge >= 0.3 is 0 Å². The van der Waals surface area contributed by atoms with E-state index in [4.69, 9.17) is 25.8 Å². The molecular weight excluding hydrogens is 423 g/mol. The average Bonchev–Trinajstić information content (AvgIpc) is 2.71. The van der Waals surface area contributed by atoms with Gasteiger partial charge in [-0.2, -0.15) is 0 Å². The number of methoxy groups -OCH3 is 2. The van der Waals surface area contributed by atoms with Crippen LogP contribution in [0.2, 0.25) is 5.02 Å². The van der Waals surface area contributed by atoms with Crippen molar-refractivity contribution in [2.24, 2.45) is 0 Å². The summed E-state index contributed by atoms with van der Waals surface area (Å²) in [6.45, 7) is 5.16. The van der Waals surface area contributed by atoms with Gasteiger partial charge in [-0.25, -0.2) is 4.39 Å². The molecule has 1 heterocycles. The van der Waals surface area contributed by atoms with E-state index < -0.39 is 11.7 Å². The molecule has 1 fully saturated rings. The van der Waals surface area contributed by atoms with Crippen LogP contribution in [0.4, 0.5) is 15.8 Å². The minimum atomic E-state index is -0.397. The van der Waals surface area contributed by atoms with Crippen LogP contribution in [0.5, 0.6) is 11.5 Å². The molecule has 6 nitrogen and oxygen atoms in total. The number of hydrogen-bond donors (Lipinski definition) is 1. The van der Waals surface area contributed by atoms with Crippen LogP contribution in [0.15, 0.2) is 36.4 Å². The minimum Gasteiger partial charge on any atom is -0.493 e. The first kappa shape index (κ1) is 22.9. The van der Waals surface area contributed by atoms with E-state index in [9.17, 15) is 9.18 Å². The van der Waals surface area contributed by atoms with Gasteiger partial charge in [0.15, 0.2) is 11.5 Å². The van der Waals surface area contributed by atoms with Crippen LogP contribution >= 0.6 is 11.6 Å². The molecule has 2 unspecified atom stereocenters. The van der Waals surface area contributed by atoms with Crippen LogP contribution in [0.3, 0.4) is 0 Å². The summed E-state index contributed by atoms with van der Waals surface area (Å²) in [4.78, 5) is 14.3. The van der Waals surface area contributed by atoms with Crippen molar-refractivity contribution >= 4 is 35.0 Å². The lowest BCUT2D eigenvalue weighted by Gasteiger charge is -2.37. The fourth-order valence-corrected chi connectivity index (χ4v) is 3.90. The molecule has 1 aliphatic rings. The Balaban J connectivity index is 1.68. The van der Waals surface area contributed by atoms with E-state index >= 15 is 0 Å². The Hall–Kier alpha value is -2.77. The van der Waals surface area contributed by atoms with E-state index in [1.54, 1.807) is 30.3 Å². The third-order valence-electron chi connectivity index (χ3n) is 4.86. The Morgan fingerprint density at radius 1 is 1.19 bits per heavy atom. The van der Waals surface area contributed by atoms with Gasteiger partial charge in [-0.1, -0.05) is 11.6 Å². The predicted molar refractivity (Wildman–Crippen MR) is 121 cm³/mol. The number of carbonyl (C=O) groups is 1. The van der Waals surface area contributed by atoms with Crippen molar-refractivity contribution in [1.29, 1.82) is 0 Å². The molecule has 1 amide bonds. The number of hydrogen-bond acceptors (Lipinski definition) is 5. The summed E-state index contributed by atoms with van der Waals surface area (Å²) in [7, 11) is 3.00. The van der Waals surface area contributed by atoms with Gasteiger partial charge in [0.2, 0.25) is 5.91 Å². The molecule has 8 heteroatoms. The van der Waals surface area contributed by atoms with Crippen molar-refractivity contribution in [3.05, 3.63) is 52.8 Å². The lowest BCUT2D eigenvalue weighted by atomic mass is 10.1. The maximum absolute atomic E-state index is 14.7. The standard InChI is InChI=1S/C23H26ClFN2O4/c1-14-12-27(13-15(2)31-14)20-7-6-17(11-19(20)25)26-22(28)8-5-16-9-18(24)23(30-4)21(10-16)29-3/h5-11,14-15H,12-13H2,1-4H3,(H,26,28). The van der Waals surface area contributed by atoms with Crippen molar-refractivity contribution in [3.8, 4) is 11.5 Å². The number of benzene rings is 2. The van der Waals surface area contributed by atoms with Gasteiger partial charge in [-0.05, 0) is 55.8 Å². The van der Waals surface area contributed by atoms with Crippen LogP contribution in [0.1, 0.15) is 19.4 Å². The largest absolute Gasteiger partial charge is 0.493 e. The summed E-state index contributed by atoms with van der Waals surface area (Å²) in [6, 6.07) is 8.04. The number of nitrogens with one attached hydrogen (secondary N) is 1. The Morgan fingerprint density at radius 2 is 1.90 bits per heavy atom. The number of carbonyl (C=O) groups excluding carboxylic acids is 1. The maximum Gasteiger partial charge on any atom is 0.248 e. The summed E-state index contributed by atoms with van der Waals surface area (Å²) in [5.74, 6) is 0.0892. The van der Waals surface area contributed by atoms with E-state index in [2.05, 4.69) is 5.32 Å². The predicted octanol–water partition coefficient (Wildman–Crippen LogP) is 4.76. The van der Waals surface area contributed by atoms with Crippen molar-refractivity contribution in [1.82, 2.24) is 0 Å². The SMILES string of the molecule is COc1cc(C=CC(=O)Nc2ccc(N3CC(C)OC(C)C3)c(F)c2)cc(Cl)c1OC. The fraction of sp³-hybridized carbons (Fsp3) is 0.348. The van der Waals surface area contributed by atoms with Gasteiger partial charge in [0, 0.05) is 24.9 Å². The smallest absolute Gasteiger partial charge is 0.248 e. The fourth-order valence-electron chi connectivity index (χ4n) is 3.61. The van der Waals surface area contributed by atoms with Crippen LogP contribution in [0, 0.1) is 5.82 Å². The molecule has 0 aromatic heterocycles. The molecule has 0 saturated carbocycles. The molecule has 166 valence electrons. The molecule has 0 bridgehead atoms. The van der Waals surface area contributed by atoms with Gasteiger partial charge in [-0.3, -0.25) is 4.79 Å². The summed E-state index contributed by atoms with van der Waals surface area (Å²) in [5.41, 5.74) is 1.53. The first-order valence-corrected chi connectivity index (χ1v) is 10.3. The minimum absolute atomic E-state index is 0.0257. The van der Waals surface area contributed by atoms with Crippen molar-refractivity contribution in [2.45, 2.75) is 26.1 Å². The van der Waals surface area contributed by atoms with Crippen LogP contribution in [-0.2, 0) is 9.53 Å². The molecule has 2 aromatic rings. The molecule has 0 spiro atoms. The number of amides is 1. The van der Waals surface area contributed by atoms with Crippen molar-refractivity contribution in [2.75, 3.05) is 37.5 Å². The van der Waals surface area contributed by atoms with E-state index in [-0.39, 0.29) is 12.2 Å². The van der Waals surface area contributed by atoms with Gasteiger partial charge in [0.05, 0.1) is 37.1 Å². The highest BCUT2D eigenvalue weighted by Gasteiger charge is 2.24. The highest BCUT2D eigenvalue weighted by atomic mass is 35.5. The lowest BCUT2D eigenvalue weighted by molar-refractivity contribution is -0.111. The number of ether oxygens (including phenoxy) is 3. The molecule has 2 atom stereocenters. The Morgan fingerprint density at radius 3 is 2.52 bits per heavy atom. The number of morpholine rings is 1. The Bertz CT molecular complexity index is 972. The molecule has 1 aliphatic heterocycles. The van der Waals surface area contributed by atoms with Gasteiger partial charge in [-0.15, -0.1) is 0 Å². The number of anilines is 2. The third kappa shape index (κ3) is 5.68. The quantitative estimate of drug-likeness (QED) is 0.645. The molecule has 2 aromatic carbocycles. The summed E-state index contributed by atoms with van der Waals surface area (Å²) in [6.07, 6.45) is 2.98. The summed E-state index contributed by atoms with van der Waals surface area (Å²) < 4.78 is 30.8. The van der Waals surface area contributed by atoms with Crippen molar-refractivity contribution < 1.29 is 23.4 Å². The van der Waals surface area contributed by atoms with Crippen LogP contribution in [0.25, 0.3) is 6.08 Å². The maximum atomic E-state index is 14.7. The topological polar surface area (TPSA) is 60.0 Å². The highest BCUT2D eigenvalue weighted by Crippen LogP contribution is 2.36. The zero-order chi connectivity index (χ0) is 22.5. The molecule has 3 rings (SSSR count). The monoisotopic (exact) mass is 448 g/mol. The number of rotatable bonds is 6. The first-order chi connectivity index (χ1) is 14.8. The molecule has 0 aliphatic carbocycles. The van der Waals surface area contributed by atoms with E-state index in [0.29, 0.717) is 46.5 Å². The molecule has 1 N–H and O–H groups in total. The average molecular weight is 449 g/mol. The third-order valence-corrected chi connectivity index (χ3v) is 5.14. The molecule has 0 radical (unpaired) electrons. The van der Waals surface area contributed by atoms with E-state index in [1.165, 1.54) is 26.4 Å². The van der Waals surface area contributed by atoms with Gasteiger partial charge in [0.1, 0.15) is 5.82 Å². The summed E-state index contributed by atoms with van der Waals surface area (Å²) in [5, 5.41) is 3.04. The highest BCUT2D eigenvalue weighted by molar-refractivity contribution is 6.32. The molecule has 31 heavy (non-hydrogen) atoms. The summed E-state index contributed by atoms with van der Waals surface area (Å²) >= 11 is 6.18.